The smallest absolute Gasteiger partial charge is 0.352 e. The van der Waals surface area contributed by atoms with E-state index in [-0.39, 0.29) is 24.4 Å². The summed E-state index contributed by atoms with van der Waals surface area (Å²) in [6, 6.07) is 6.80. The van der Waals surface area contributed by atoms with Crippen LogP contribution in [-0.4, -0.2) is 32.1 Å². The van der Waals surface area contributed by atoms with E-state index in [9.17, 15) is 18.7 Å². The first-order chi connectivity index (χ1) is 12.7. The van der Waals surface area contributed by atoms with Crippen molar-refractivity contribution < 1.29 is 18.7 Å². The number of aliphatic hydroxyl groups is 1. The highest BCUT2D eigenvalue weighted by Gasteiger charge is 2.59. The van der Waals surface area contributed by atoms with Crippen LogP contribution in [0.15, 0.2) is 36.7 Å². The molecule has 0 unspecified atom stereocenters. The number of anilines is 1. The number of carbonyl (C=O) groups is 1. The van der Waals surface area contributed by atoms with E-state index >= 15 is 0 Å². The molecule has 1 aromatic heterocycles. The quantitative estimate of drug-likeness (QED) is 0.801. The van der Waals surface area contributed by atoms with E-state index in [1.807, 2.05) is 30.7 Å². The molecule has 1 aliphatic rings. The minimum absolute atomic E-state index is 0.0634. The summed E-state index contributed by atoms with van der Waals surface area (Å²) in [6.07, 6.45) is 4.46. The fourth-order valence-electron chi connectivity index (χ4n) is 3.59. The van der Waals surface area contributed by atoms with Gasteiger partial charge in [-0.15, -0.1) is 0 Å². The Labute approximate surface area is 157 Å². The lowest BCUT2D eigenvalue weighted by Crippen LogP contribution is -2.53. The van der Waals surface area contributed by atoms with Gasteiger partial charge in [0.2, 0.25) is 0 Å². The van der Waals surface area contributed by atoms with Crippen LogP contribution in [0.3, 0.4) is 0 Å². The Hall–Kier alpha value is -2.28. The van der Waals surface area contributed by atoms with Crippen molar-refractivity contribution in [3.63, 3.8) is 0 Å². The fraction of sp³-hybridized carbons (Fsp3) is 0.500. The van der Waals surface area contributed by atoms with Gasteiger partial charge in [-0.05, 0) is 30.5 Å². The Kier molecular flexibility index (Phi) is 5.33. The number of aromatic nitrogens is 2. The molecule has 0 bridgehead atoms. The van der Waals surface area contributed by atoms with E-state index in [0.29, 0.717) is 19.4 Å². The molecule has 27 heavy (non-hydrogen) atoms. The van der Waals surface area contributed by atoms with Crippen LogP contribution in [0.4, 0.5) is 14.5 Å². The maximum absolute atomic E-state index is 14.5. The largest absolute Gasteiger partial charge is 0.383 e. The monoisotopic (exact) mass is 377 g/mol. The zero-order valence-corrected chi connectivity index (χ0v) is 15.6. The number of amides is 1. The van der Waals surface area contributed by atoms with Crippen molar-refractivity contribution in [2.24, 2.45) is 0 Å². The molecule has 2 aromatic rings. The highest BCUT2D eigenvalue weighted by atomic mass is 19.3. The minimum Gasteiger partial charge on any atom is -0.383 e. The maximum atomic E-state index is 14.5. The third-order valence-corrected chi connectivity index (χ3v) is 5.10. The van der Waals surface area contributed by atoms with E-state index in [1.165, 1.54) is 0 Å². The highest BCUT2D eigenvalue weighted by molar-refractivity contribution is 5.97. The fourth-order valence-corrected chi connectivity index (χ4v) is 3.59. The summed E-state index contributed by atoms with van der Waals surface area (Å²) < 4.78 is 30.9. The molecule has 1 fully saturated rings. The van der Waals surface area contributed by atoms with Gasteiger partial charge >= 0.3 is 5.92 Å². The standard InChI is InChI=1S/C20H25F2N3O2/c1-14(2)17-23-10-11-25(17)13-15-6-5-7-16(12-15)24-18(26)20(21,22)19(27)8-3-4-9-19/h5-7,10-12,14,27H,3-4,8-9,13H2,1-2H3,(H,24,26). The molecule has 1 heterocycles. The van der Waals surface area contributed by atoms with Gasteiger partial charge < -0.3 is 15.0 Å². The molecule has 0 radical (unpaired) electrons. The number of halogens is 2. The summed E-state index contributed by atoms with van der Waals surface area (Å²) in [6.45, 7) is 4.62. The van der Waals surface area contributed by atoms with Gasteiger partial charge in [0.1, 0.15) is 11.4 Å². The van der Waals surface area contributed by atoms with Crippen LogP contribution >= 0.6 is 0 Å². The molecule has 1 aromatic carbocycles. The van der Waals surface area contributed by atoms with Crippen molar-refractivity contribution in [2.75, 3.05) is 5.32 Å². The van der Waals surface area contributed by atoms with E-state index in [4.69, 9.17) is 0 Å². The molecule has 1 aliphatic carbocycles. The van der Waals surface area contributed by atoms with Gasteiger partial charge in [0.25, 0.3) is 5.91 Å². The minimum atomic E-state index is -3.82. The predicted octanol–water partition coefficient (Wildman–Crippen LogP) is 3.93. The Bertz CT molecular complexity index is 811. The van der Waals surface area contributed by atoms with Crippen LogP contribution in [0.1, 0.15) is 56.8 Å². The second-order valence-corrected chi connectivity index (χ2v) is 7.54. The maximum Gasteiger partial charge on any atom is 0.352 e. The second-order valence-electron chi connectivity index (χ2n) is 7.54. The molecule has 3 rings (SSSR count). The number of benzene rings is 1. The zero-order valence-electron chi connectivity index (χ0n) is 15.6. The lowest BCUT2D eigenvalue weighted by molar-refractivity contribution is -0.185. The van der Waals surface area contributed by atoms with Gasteiger partial charge in [-0.2, -0.15) is 8.78 Å². The molecule has 1 amide bonds. The summed E-state index contributed by atoms with van der Waals surface area (Å²) in [7, 11) is 0. The van der Waals surface area contributed by atoms with Crippen molar-refractivity contribution in [3.8, 4) is 0 Å². The van der Waals surface area contributed by atoms with Crippen LogP contribution in [0, 0.1) is 0 Å². The van der Waals surface area contributed by atoms with Crippen LogP contribution in [0.25, 0.3) is 0 Å². The summed E-state index contributed by atoms with van der Waals surface area (Å²) in [5.41, 5.74) is -1.11. The van der Waals surface area contributed by atoms with Crippen molar-refractivity contribution in [2.45, 2.75) is 63.5 Å². The van der Waals surface area contributed by atoms with E-state index in [1.54, 1.807) is 24.4 Å². The number of hydrogen-bond acceptors (Lipinski definition) is 3. The van der Waals surface area contributed by atoms with Crippen molar-refractivity contribution in [1.82, 2.24) is 9.55 Å². The first-order valence-corrected chi connectivity index (χ1v) is 9.24. The summed E-state index contributed by atoms with van der Waals surface area (Å²) in [4.78, 5) is 16.5. The predicted molar refractivity (Wildman–Crippen MR) is 98.9 cm³/mol. The molecule has 0 spiro atoms. The first kappa shape index (κ1) is 19.5. The van der Waals surface area contributed by atoms with Gasteiger partial charge in [0.15, 0.2) is 0 Å². The van der Waals surface area contributed by atoms with Gasteiger partial charge in [-0.1, -0.05) is 38.8 Å². The van der Waals surface area contributed by atoms with Gasteiger partial charge in [-0.25, -0.2) is 4.98 Å². The number of hydrogen-bond donors (Lipinski definition) is 2. The molecule has 0 saturated heterocycles. The molecule has 0 aliphatic heterocycles. The Morgan fingerprint density at radius 3 is 2.74 bits per heavy atom. The second kappa shape index (κ2) is 7.38. The lowest BCUT2D eigenvalue weighted by Gasteiger charge is -2.30. The average Bonchev–Trinajstić information content (AvgIpc) is 3.25. The Morgan fingerprint density at radius 2 is 2.07 bits per heavy atom. The highest BCUT2D eigenvalue weighted by Crippen LogP contribution is 2.42. The molecular formula is C20H25F2N3O2. The van der Waals surface area contributed by atoms with Crippen molar-refractivity contribution >= 4 is 11.6 Å². The SMILES string of the molecule is CC(C)c1nccn1Cc1cccc(NC(=O)C(F)(F)C2(O)CCCC2)c1. The Morgan fingerprint density at radius 1 is 1.37 bits per heavy atom. The summed E-state index contributed by atoms with van der Waals surface area (Å²) in [5, 5.41) is 12.4. The van der Waals surface area contributed by atoms with Gasteiger partial charge in [0.05, 0.1) is 0 Å². The summed E-state index contributed by atoms with van der Waals surface area (Å²) in [5.74, 6) is -4.10. The molecule has 146 valence electrons. The molecule has 1 saturated carbocycles. The van der Waals surface area contributed by atoms with Crippen LogP contribution in [0.2, 0.25) is 0 Å². The molecule has 2 N–H and O–H groups in total. The molecular weight excluding hydrogens is 352 g/mol. The third kappa shape index (κ3) is 3.88. The van der Waals surface area contributed by atoms with Crippen LogP contribution in [-0.2, 0) is 11.3 Å². The number of carbonyl (C=O) groups excluding carboxylic acids is 1. The number of nitrogens with one attached hydrogen (secondary N) is 1. The molecule has 5 nitrogen and oxygen atoms in total. The van der Waals surface area contributed by atoms with Crippen molar-refractivity contribution in [1.29, 1.82) is 0 Å². The topological polar surface area (TPSA) is 67.2 Å². The first-order valence-electron chi connectivity index (χ1n) is 9.24. The normalized spacial score (nSPS) is 16.7. The number of rotatable bonds is 6. The van der Waals surface area contributed by atoms with Gasteiger partial charge in [0, 0.05) is 30.5 Å². The van der Waals surface area contributed by atoms with Crippen LogP contribution in [0.5, 0.6) is 0 Å². The molecule has 7 heteroatoms. The third-order valence-electron chi connectivity index (χ3n) is 5.10. The average molecular weight is 377 g/mol. The summed E-state index contributed by atoms with van der Waals surface area (Å²) >= 11 is 0. The van der Waals surface area contributed by atoms with E-state index < -0.39 is 17.4 Å². The lowest BCUT2D eigenvalue weighted by atomic mass is 9.93. The van der Waals surface area contributed by atoms with E-state index in [0.717, 1.165) is 11.4 Å². The van der Waals surface area contributed by atoms with Crippen molar-refractivity contribution in [3.05, 3.63) is 48.0 Å². The van der Waals surface area contributed by atoms with Gasteiger partial charge in [-0.3, -0.25) is 4.79 Å². The zero-order chi connectivity index (χ0) is 19.7. The number of alkyl halides is 2. The van der Waals surface area contributed by atoms with Crippen LogP contribution < -0.4 is 5.32 Å². The van der Waals surface area contributed by atoms with E-state index in [2.05, 4.69) is 10.3 Å². The number of imidazole rings is 1. The Balaban J connectivity index is 1.74. The number of nitrogens with zero attached hydrogens (tertiary/aromatic N) is 2. The molecule has 0 atom stereocenters.